The van der Waals surface area contributed by atoms with E-state index in [1.165, 1.54) is 31.2 Å². The molecule has 2 aromatic rings. The first-order chi connectivity index (χ1) is 13.6. The van der Waals surface area contributed by atoms with Crippen LogP contribution in [0.25, 0.3) is 0 Å². The molecule has 1 aliphatic rings. The molecule has 0 radical (unpaired) electrons. The second kappa shape index (κ2) is 9.78. The molecular weight excluding hydrogens is 368 g/mol. The average Bonchev–Trinajstić information content (AvgIpc) is 3.26. The van der Waals surface area contributed by atoms with Gasteiger partial charge in [0.2, 0.25) is 0 Å². The van der Waals surface area contributed by atoms with E-state index in [-0.39, 0.29) is 0 Å². The summed E-state index contributed by atoms with van der Waals surface area (Å²) in [5.74, 6) is 1.63. The third-order valence-electron chi connectivity index (χ3n) is 5.47. The number of aryl methyl sites for hydroxylation is 1. The highest BCUT2D eigenvalue weighted by molar-refractivity contribution is 7.80. The van der Waals surface area contributed by atoms with Crippen molar-refractivity contribution >= 4 is 23.0 Å². The van der Waals surface area contributed by atoms with Crippen molar-refractivity contribution in [3.63, 3.8) is 0 Å². The predicted molar refractivity (Wildman–Crippen MR) is 119 cm³/mol. The van der Waals surface area contributed by atoms with Crippen molar-refractivity contribution in [1.82, 2.24) is 4.90 Å². The van der Waals surface area contributed by atoms with Gasteiger partial charge >= 0.3 is 0 Å². The summed E-state index contributed by atoms with van der Waals surface area (Å²) in [5.41, 5.74) is 3.47. The van der Waals surface area contributed by atoms with E-state index in [2.05, 4.69) is 47.5 Å². The van der Waals surface area contributed by atoms with Crippen molar-refractivity contribution in [2.45, 2.75) is 51.6 Å². The first-order valence-electron chi connectivity index (χ1n) is 10.0. The molecule has 0 unspecified atom stereocenters. The van der Waals surface area contributed by atoms with Gasteiger partial charge in [0.15, 0.2) is 5.11 Å². The van der Waals surface area contributed by atoms with E-state index in [4.69, 9.17) is 21.7 Å². The minimum Gasteiger partial charge on any atom is -0.497 e. The van der Waals surface area contributed by atoms with Gasteiger partial charge in [-0.05, 0) is 61.3 Å². The Morgan fingerprint density at radius 1 is 1.07 bits per heavy atom. The molecule has 1 N–H and O–H groups in total. The maximum atomic E-state index is 5.83. The lowest BCUT2D eigenvalue weighted by Crippen LogP contribution is -2.41. The summed E-state index contributed by atoms with van der Waals surface area (Å²) in [7, 11) is 3.37. The number of anilines is 1. The zero-order valence-electron chi connectivity index (χ0n) is 17.0. The quantitative estimate of drug-likeness (QED) is 0.631. The van der Waals surface area contributed by atoms with Crippen LogP contribution in [0.2, 0.25) is 0 Å². The largest absolute Gasteiger partial charge is 0.497 e. The van der Waals surface area contributed by atoms with Gasteiger partial charge in [-0.2, -0.15) is 0 Å². The molecule has 150 valence electrons. The van der Waals surface area contributed by atoms with Crippen LogP contribution < -0.4 is 14.8 Å². The molecule has 4 nitrogen and oxygen atoms in total. The van der Waals surface area contributed by atoms with Crippen LogP contribution in [0.4, 0.5) is 5.69 Å². The normalized spacial score (nSPS) is 14.0. The van der Waals surface area contributed by atoms with Gasteiger partial charge in [0.1, 0.15) is 11.5 Å². The Balaban J connectivity index is 1.79. The summed E-state index contributed by atoms with van der Waals surface area (Å²) in [5, 5.41) is 4.21. The molecule has 3 rings (SSSR count). The molecule has 28 heavy (non-hydrogen) atoms. The number of thiocarbonyl (C=S) groups is 1. The minimum absolute atomic E-state index is 0.460. The van der Waals surface area contributed by atoms with Gasteiger partial charge in [-0.15, -0.1) is 0 Å². The molecule has 5 heteroatoms. The Morgan fingerprint density at radius 2 is 1.79 bits per heavy atom. The van der Waals surface area contributed by atoms with Gasteiger partial charge in [-0.1, -0.05) is 31.9 Å². The number of hydrogen-bond acceptors (Lipinski definition) is 3. The molecule has 0 saturated heterocycles. The van der Waals surface area contributed by atoms with Crippen molar-refractivity contribution in [2.75, 3.05) is 19.5 Å². The first-order valence-corrected chi connectivity index (χ1v) is 10.4. The van der Waals surface area contributed by atoms with E-state index in [1.54, 1.807) is 14.2 Å². The van der Waals surface area contributed by atoms with Gasteiger partial charge in [0.05, 0.1) is 14.2 Å². The van der Waals surface area contributed by atoms with Gasteiger partial charge < -0.3 is 19.7 Å². The predicted octanol–water partition coefficient (Wildman–Crippen LogP) is 5.41. The highest BCUT2D eigenvalue weighted by atomic mass is 32.1. The number of benzene rings is 2. The molecule has 0 atom stereocenters. The standard InChI is InChI=1S/C23H30N2O2S/c1-4-17-9-12-19(13-10-17)24-23(28)25(20-7-5-6-8-20)16-18-11-14-21(26-2)15-22(18)27-3/h9-15,20H,4-8,16H2,1-3H3,(H,24,28). The van der Waals surface area contributed by atoms with E-state index in [1.807, 2.05) is 12.1 Å². The lowest BCUT2D eigenvalue weighted by molar-refractivity contribution is 0.304. The zero-order valence-corrected chi connectivity index (χ0v) is 17.8. The lowest BCUT2D eigenvalue weighted by atomic mass is 10.1. The SMILES string of the molecule is CCc1ccc(NC(=S)N(Cc2ccc(OC)cc2OC)C2CCCC2)cc1. The minimum atomic E-state index is 0.460. The van der Waals surface area contributed by atoms with Crippen molar-refractivity contribution in [1.29, 1.82) is 0 Å². The number of methoxy groups -OCH3 is 2. The number of rotatable bonds is 7. The Hall–Kier alpha value is -2.27. The molecule has 1 saturated carbocycles. The summed E-state index contributed by atoms with van der Waals surface area (Å²) in [6.45, 7) is 2.88. The molecule has 0 aromatic heterocycles. The van der Waals surface area contributed by atoms with E-state index < -0.39 is 0 Å². The highest BCUT2D eigenvalue weighted by Crippen LogP contribution is 2.30. The summed E-state index contributed by atoms with van der Waals surface area (Å²) >= 11 is 5.83. The Morgan fingerprint density at radius 3 is 2.39 bits per heavy atom. The van der Waals surface area contributed by atoms with Crippen LogP contribution in [0, 0.1) is 0 Å². The third-order valence-corrected chi connectivity index (χ3v) is 5.81. The molecular formula is C23H30N2O2S. The highest BCUT2D eigenvalue weighted by Gasteiger charge is 2.26. The molecule has 0 aliphatic heterocycles. The second-order valence-corrected chi connectivity index (χ2v) is 7.61. The number of nitrogens with one attached hydrogen (secondary N) is 1. The van der Waals surface area contributed by atoms with E-state index >= 15 is 0 Å². The molecule has 0 bridgehead atoms. The van der Waals surface area contributed by atoms with Crippen LogP contribution >= 0.6 is 12.2 Å². The van der Waals surface area contributed by atoms with Gasteiger partial charge in [0, 0.05) is 29.9 Å². The van der Waals surface area contributed by atoms with Crippen molar-refractivity contribution < 1.29 is 9.47 Å². The van der Waals surface area contributed by atoms with Crippen LogP contribution in [0.1, 0.15) is 43.7 Å². The topological polar surface area (TPSA) is 33.7 Å². The Kier molecular flexibility index (Phi) is 7.15. The van der Waals surface area contributed by atoms with Crippen LogP contribution in [-0.4, -0.2) is 30.3 Å². The van der Waals surface area contributed by atoms with E-state index in [0.717, 1.165) is 40.8 Å². The number of nitrogens with zero attached hydrogens (tertiary/aromatic N) is 1. The fourth-order valence-corrected chi connectivity index (χ4v) is 4.10. The fourth-order valence-electron chi connectivity index (χ4n) is 3.77. The van der Waals surface area contributed by atoms with Crippen molar-refractivity contribution in [3.05, 3.63) is 53.6 Å². The summed E-state index contributed by atoms with van der Waals surface area (Å²) in [6.07, 6.45) is 5.91. The Bertz CT molecular complexity index is 786. The average molecular weight is 399 g/mol. The van der Waals surface area contributed by atoms with Crippen LogP contribution in [0.15, 0.2) is 42.5 Å². The molecule has 0 heterocycles. The van der Waals surface area contributed by atoms with Crippen molar-refractivity contribution in [2.24, 2.45) is 0 Å². The smallest absolute Gasteiger partial charge is 0.173 e. The van der Waals surface area contributed by atoms with Crippen molar-refractivity contribution in [3.8, 4) is 11.5 Å². The monoisotopic (exact) mass is 398 g/mol. The van der Waals surface area contributed by atoms with Crippen LogP contribution in [-0.2, 0) is 13.0 Å². The molecule has 0 spiro atoms. The number of hydrogen-bond donors (Lipinski definition) is 1. The summed E-state index contributed by atoms with van der Waals surface area (Å²) in [6, 6.07) is 14.9. The molecule has 0 amide bonds. The second-order valence-electron chi connectivity index (χ2n) is 7.22. The first kappa shape index (κ1) is 20.5. The van der Waals surface area contributed by atoms with Gasteiger partial charge in [-0.25, -0.2) is 0 Å². The van der Waals surface area contributed by atoms with Crippen LogP contribution in [0.3, 0.4) is 0 Å². The van der Waals surface area contributed by atoms with Gasteiger partial charge in [0.25, 0.3) is 0 Å². The van der Waals surface area contributed by atoms with Crippen LogP contribution in [0.5, 0.6) is 11.5 Å². The third kappa shape index (κ3) is 4.96. The number of ether oxygens (including phenoxy) is 2. The molecule has 2 aromatic carbocycles. The zero-order chi connectivity index (χ0) is 19.9. The maximum absolute atomic E-state index is 5.83. The summed E-state index contributed by atoms with van der Waals surface area (Å²) in [4.78, 5) is 2.32. The fraction of sp³-hybridized carbons (Fsp3) is 0.435. The van der Waals surface area contributed by atoms with Gasteiger partial charge in [-0.3, -0.25) is 0 Å². The lowest BCUT2D eigenvalue weighted by Gasteiger charge is -2.32. The van der Waals surface area contributed by atoms with E-state index in [0.29, 0.717) is 6.04 Å². The molecule has 1 fully saturated rings. The maximum Gasteiger partial charge on any atom is 0.173 e. The summed E-state index contributed by atoms with van der Waals surface area (Å²) < 4.78 is 10.9. The Labute approximate surface area is 173 Å². The molecule has 1 aliphatic carbocycles. The van der Waals surface area contributed by atoms with E-state index in [9.17, 15) is 0 Å².